The molecule has 1 aliphatic heterocycles. The molecule has 1 saturated heterocycles. The molecule has 1 unspecified atom stereocenters. The number of hydrogen-bond acceptors (Lipinski definition) is 6. The quantitative estimate of drug-likeness (QED) is 0.609. The Balaban J connectivity index is 2.48. The predicted octanol–water partition coefficient (Wildman–Crippen LogP) is 1.70. The summed E-state index contributed by atoms with van der Waals surface area (Å²) < 4.78 is 21.0. The Hall–Kier alpha value is -1.92. The molecule has 1 aromatic carbocycles. The van der Waals surface area contributed by atoms with Crippen LogP contribution < -0.4 is 0 Å². The lowest BCUT2D eigenvalue weighted by Gasteiger charge is -2.34. The molecule has 0 bridgehead atoms. The first-order valence-electron chi connectivity index (χ1n) is 6.92. The van der Waals surface area contributed by atoms with Crippen molar-refractivity contribution in [1.82, 2.24) is 0 Å². The minimum Gasteiger partial charge on any atom is -0.468 e. The van der Waals surface area contributed by atoms with Crippen LogP contribution in [0.1, 0.15) is 18.6 Å². The van der Waals surface area contributed by atoms with E-state index < -0.39 is 35.7 Å². The Morgan fingerprint density at radius 3 is 2.36 bits per heavy atom. The topological polar surface area (TPSA) is 71.1 Å². The van der Waals surface area contributed by atoms with Crippen molar-refractivity contribution in [2.75, 3.05) is 21.3 Å². The third-order valence-electron chi connectivity index (χ3n) is 4.09. The standard InChI is InChI=1S/C16H20O6/c1-16(21-4)12(11(14(17)20-3)15(18)22-16)13(19-2)10-8-6-5-7-9-10/h5-9,11-13H,1-4H3/t11-,12-,13?,16-/m1/s1. The van der Waals surface area contributed by atoms with Gasteiger partial charge >= 0.3 is 11.9 Å². The number of esters is 2. The molecule has 0 aromatic heterocycles. The Morgan fingerprint density at radius 2 is 1.86 bits per heavy atom. The fourth-order valence-electron chi connectivity index (χ4n) is 2.91. The van der Waals surface area contributed by atoms with Crippen LogP contribution in [0.25, 0.3) is 0 Å². The van der Waals surface area contributed by atoms with Crippen molar-refractivity contribution in [3.63, 3.8) is 0 Å². The van der Waals surface area contributed by atoms with Crippen LogP contribution in [0.5, 0.6) is 0 Å². The summed E-state index contributed by atoms with van der Waals surface area (Å²) in [5.74, 6) is -4.36. The lowest BCUT2D eigenvalue weighted by atomic mass is 9.81. The molecule has 0 amide bonds. The van der Waals surface area contributed by atoms with Gasteiger partial charge in [-0.3, -0.25) is 9.59 Å². The molecule has 22 heavy (non-hydrogen) atoms. The van der Waals surface area contributed by atoms with Crippen molar-refractivity contribution in [1.29, 1.82) is 0 Å². The molecule has 4 atom stereocenters. The van der Waals surface area contributed by atoms with Crippen LogP contribution in [0.15, 0.2) is 30.3 Å². The summed E-state index contributed by atoms with van der Waals surface area (Å²) in [7, 11) is 4.18. The van der Waals surface area contributed by atoms with Gasteiger partial charge in [0, 0.05) is 21.1 Å². The average molecular weight is 308 g/mol. The number of hydrogen-bond donors (Lipinski definition) is 0. The molecule has 0 spiro atoms. The Morgan fingerprint density at radius 1 is 1.23 bits per heavy atom. The molecule has 6 heteroatoms. The molecule has 2 rings (SSSR count). The van der Waals surface area contributed by atoms with Gasteiger partial charge in [0.05, 0.1) is 19.1 Å². The van der Waals surface area contributed by atoms with E-state index in [1.54, 1.807) is 6.92 Å². The number of rotatable bonds is 5. The normalized spacial score (nSPS) is 29.0. The molecule has 0 saturated carbocycles. The van der Waals surface area contributed by atoms with Gasteiger partial charge in [-0.05, 0) is 5.56 Å². The zero-order chi connectivity index (χ0) is 16.3. The van der Waals surface area contributed by atoms with Gasteiger partial charge in [-0.25, -0.2) is 0 Å². The van der Waals surface area contributed by atoms with E-state index in [4.69, 9.17) is 18.9 Å². The van der Waals surface area contributed by atoms with Gasteiger partial charge in [0.2, 0.25) is 5.79 Å². The summed E-state index contributed by atoms with van der Waals surface area (Å²) in [6, 6.07) is 9.31. The van der Waals surface area contributed by atoms with Crippen LogP contribution in [0.2, 0.25) is 0 Å². The highest BCUT2D eigenvalue weighted by Crippen LogP contribution is 2.47. The number of methoxy groups -OCH3 is 3. The van der Waals surface area contributed by atoms with Crippen LogP contribution in [-0.2, 0) is 28.5 Å². The fraction of sp³-hybridized carbons (Fsp3) is 0.500. The maximum Gasteiger partial charge on any atom is 0.323 e. The average Bonchev–Trinajstić information content (AvgIpc) is 2.80. The highest BCUT2D eigenvalue weighted by molar-refractivity contribution is 5.97. The van der Waals surface area contributed by atoms with E-state index in [1.807, 2.05) is 30.3 Å². The van der Waals surface area contributed by atoms with Gasteiger partial charge < -0.3 is 18.9 Å². The molecule has 0 radical (unpaired) electrons. The van der Waals surface area contributed by atoms with E-state index >= 15 is 0 Å². The van der Waals surface area contributed by atoms with E-state index in [9.17, 15) is 9.59 Å². The van der Waals surface area contributed by atoms with Crippen molar-refractivity contribution >= 4 is 11.9 Å². The zero-order valence-electron chi connectivity index (χ0n) is 13.1. The third-order valence-corrected chi connectivity index (χ3v) is 4.09. The minimum absolute atomic E-state index is 0.554. The second-order valence-electron chi connectivity index (χ2n) is 5.23. The van der Waals surface area contributed by atoms with E-state index in [-0.39, 0.29) is 0 Å². The largest absolute Gasteiger partial charge is 0.468 e. The second-order valence-corrected chi connectivity index (χ2v) is 5.23. The lowest BCUT2D eigenvalue weighted by Crippen LogP contribution is -2.42. The van der Waals surface area contributed by atoms with Crippen molar-refractivity contribution in [3.05, 3.63) is 35.9 Å². The molecule has 0 N–H and O–H groups in total. The highest BCUT2D eigenvalue weighted by atomic mass is 16.7. The molecule has 1 aromatic rings. The number of carbonyl (C=O) groups is 2. The Labute approximate surface area is 129 Å². The summed E-state index contributed by atoms with van der Waals surface area (Å²) in [6.45, 7) is 1.62. The van der Waals surface area contributed by atoms with Crippen LogP contribution >= 0.6 is 0 Å². The van der Waals surface area contributed by atoms with Crippen LogP contribution in [0.4, 0.5) is 0 Å². The van der Waals surface area contributed by atoms with Gasteiger partial charge in [0.1, 0.15) is 0 Å². The first kappa shape index (κ1) is 16.5. The summed E-state index contributed by atoms with van der Waals surface area (Å²) >= 11 is 0. The molecule has 1 aliphatic rings. The zero-order valence-corrected chi connectivity index (χ0v) is 13.1. The number of benzene rings is 1. The Bertz CT molecular complexity index is 543. The monoisotopic (exact) mass is 308 g/mol. The third kappa shape index (κ3) is 2.71. The number of cyclic esters (lactones) is 1. The summed E-state index contributed by atoms with van der Waals surface area (Å²) in [4.78, 5) is 24.2. The van der Waals surface area contributed by atoms with Gasteiger partial charge in [-0.15, -0.1) is 0 Å². The number of carbonyl (C=O) groups excluding carboxylic acids is 2. The summed E-state index contributed by atoms with van der Waals surface area (Å²) in [6.07, 6.45) is -0.554. The van der Waals surface area contributed by atoms with Crippen molar-refractivity contribution in [2.24, 2.45) is 11.8 Å². The minimum atomic E-state index is -1.27. The summed E-state index contributed by atoms with van der Waals surface area (Å²) in [5.41, 5.74) is 0.825. The van der Waals surface area contributed by atoms with E-state index in [0.29, 0.717) is 0 Å². The first-order valence-corrected chi connectivity index (χ1v) is 6.92. The van der Waals surface area contributed by atoms with Gasteiger partial charge in [-0.1, -0.05) is 30.3 Å². The molecule has 6 nitrogen and oxygen atoms in total. The second kappa shape index (κ2) is 6.46. The molecular formula is C16H20O6. The molecule has 1 fully saturated rings. The van der Waals surface area contributed by atoms with Gasteiger partial charge in [0.15, 0.2) is 5.92 Å². The maximum absolute atomic E-state index is 12.2. The van der Waals surface area contributed by atoms with E-state index in [2.05, 4.69) is 0 Å². The SMILES string of the molecule is COC(=O)[C@@H]1C(=O)O[C@@](C)(OC)[C@H]1C(OC)c1ccccc1. The van der Waals surface area contributed by atoms with Crippen molar-refractivity contribution < 1.29 is 28.5 Å². The highest BCUT2D eigenvalue weighted by Gasteiger charge is 2.60. The molecule has 0 aliphatic carbocycles. The van der Waals surface area contributed by atoms with Crippen LogP contribution in [0, 0.1) is 11.8 Å². The fourth-order valence-corrected chi connectivity index (χ4v) is 2.91. The van der Waals surface area contributed by atoms with Crippen molar-refractivity contribution in [2.45, 2.75) is 18.8 Å². The van der Waals surface area contributed by atoms with Gasteiger partial charge in [0.25, 0.3) is 0 Å². The molecular weight excluding hydrogens is 288 g/mol. The predicted molar refractivity (Wildman–Crippen MR) is 76.7 cm³/mol. The lowest BCUT2D eigenvalue weighted by molar-refractivity contribution is -0.221. The summed E-state index contributed by atoms with van der Waals surface area (Å²) in [5, 5.41) is 0. The Kier molecular flexibility index (Phi) is 4.83. The maximum atomic E-state index is 12.2. The van der Waals surface area contributed by atoms with Crippen molar-refractivity contribution in [3.8, 4) is 0 Å². The van der Waals surface area contributed by atoms with Gasteiger partial charge in [-0.2, -0.15) is 0 Å². The molecule has 120 valence electrons. The number of ether oxygens (including phenoxy) is 4. The first-order chi connectivity index (χ1) is 10.5. The van der Waals surface area contributed by atoms with Crippen LogP contribution in [0.3, 0.4) is 0 Å². The smallest absolute Gasteiger partial charge is 0.323 e. The molecule has 1 heterocycles. The van der Waals surface area contributed by atoms with E-state index in [0.717, 1.165) is 5.56 Å². The van der Waals surface area contributed by atoms with E-state index in [1.165, 1.54) is 21.3 Å². The van der Waals surface area contributed by atoms with Crippen LogP contribution in [-0.4, -0.2) is 39.1 Å².